The first kappa shape index (κ1) is 19.9. The molecule has 0 atom stereocenters. The summed E-state index contributed by atoms with van der Waals surface area (Å²) in [6.45, 7) is 3.73. The summed E-state index contributed by atoms with van der Waals surface area (Å²) in [6, 6.07) is 10.6. The molecule has 1 fully saturated rings. The maximum atomic E-state index is 11.9. The van der Waals surface area contributed by atoms with E-state index in [4.69, 9.17) is 0 Å². The number of hydrogen-bond acceptors (Lipinski definition) is 4. The van der Waals surface area contributed by atoms with Gasteiger partial charge in [0.1, 0.15) is 0 Å². The number of aromatic nitrogens is 2. The molecule has 6 nitrogen and oxygen atoms in total. The van der Waals surface area contributed by atoms with E-state index in [1.54, 1.807) is 17.4 Å². The van der Waals surface area contributed by atoms with Gasteiger partial charge >= 0.3 is 0 Å². The Morgan fingerprint density at radius 1 is 1.20 bits per heavy atom. The summed E-state index contributed by atoms with van der Waals surface area (Å²) in [4.78, 5) is 0. The number of hydrogen-bond donors (Lipinski definition) is 1. The summed E-state index contributed by atoms with van der Waals surface area (Å²) in [6.07, 6.45) is 5.42. The van der Waals surface area contributed by atoms with Crippen molar-refractivity contribution < 1.29 is 8.42 Å². The molecular formula is C17H25ClN4O2S. The summed E-state index contributed by atoms with van der Waals surface area (Å²) in [5.41, 5.74) is 2.26. The van der Waals surface area contributed by atoms with Crippen LogP contribution in [-0.4, -0.2) is 47.4 Å². The topological polar surface area (TPSA) is 67.2 Å². The standard InChI is InChI=1S/C17H24N4O2S.ClH/c1-2-24(22,23)20-12-8-16(9-13-20)18-14-15-4-6-17(7-5-15)21-11-3-10-19-21;/h3-7,10-11,16,18H,2,8-9,12-14H2,1H3;1H. The number of halogens is 1. The number of nitrogens with one attached hydrogen (secondary N) is 1. The lowest BCUT2D eigenvalue weighted by molar-refractivity contribution is 0.289. The Morgan fingerprint density at radius 2 is 1.88 bits per heavy atom. The lowest BCUT2D eigenvalue weighted by atomic mass is 10.1. The molecule has 1 N–H and O–H groups in total. The summed E-state index contributed by atoms with van der Waals surface area (Å²) in [5.74, 6) is 0.188. The molecule has 3 rings (SSSR count). The minimum Gasteiger partial charge on any atom is -0.310 e. The van der Waals surface area contributed by atoms with Gasteiger partial charge in [-0.25, -0.2) is 17.4 Å². The highest BCUT2D eigenvalue weighted by atomic mass is 35.5. The molecule has 2 heterocycles. The van der Waals surface area contributed by atoms with E-state index in [0.29, 0.717) is 19.1 Å². The number of piperidine rings is 1. The molecule has 0 radical (unpaired) electrons. The third kappa shape index (κ3) is 5.04. The van der Waals surface area contributed by atoms with Gasteiger partial charge in [0.2, 0.25) is 10.0 Å². The molecule has 25 heavy (non-hydrogen) atoms. The third-order valence-electron chi connectivity index (χ3n) is 4.51. The zero-order valence-corrected chi connectivity index (χ0v) is 16.0. The molecule has 1 saturated heterocycles. The minimum absolute atomic E-state index is 0. The van der Waals surface area contributed by atoms with E-state index in [2.05, 4.69) is 34.7 Å². The molecule has 1 aromatic carbocycles. The summed E-state index contributed by atoms with van der Waals surface area (Å²) >= 11 is 0. The van der Waals surface area contributed by atoms with Gasteiger partial charge in [0, 0.05) is 38.1 Å². The molecule has 0 spiro atoms. The first-order chi connectivity index (χ1) is 11.6. The first-order valence-electron chi connectivity index (χ1n) is 8.38. The van der Waals surface area contributed by atoms with Crippen molar-refractivity contribution in [3.63, 3.8) is 0 Å². The van der Waals surface area contributed by atoms with Crippen LogP contribution in [-0.2, 0) is 16.6 Å². The van der Waals surface area contributed by atoms with Crippen LogP contribution in [0.2, 0.25) is 0 Å². The Balaban J connectivity index is 0.00000225. The van der Waals surface area contributed by atoms with Gasteiger partial charge in [0.25, 0.3) is 0 Å². The van der Waals surface area contributed by atoms with Crippen LogP contribution in [0.1, 0.15) is 25.3 Å². The second kappa shape index (κ2) is 8.80. The Labute approximate surface area is 155 Å². The Hall–Kier alpha value is -1.41. The largest absolute Gasteiger partial charge is 0.310 e. The van der Waals surface area contributed by atoms with Crippen molar-refractivity contribution in [3.05, 3.63) is 48.3 Å². The van der Waals surface area contributed by atoms with Gasteiger partial charge in [-0.3, -0.25) is 0 Å². The lowest BCUT2D eigenvalue weighted by Gasteiger charge is -2.31. The fraction of sp³-hybridized carbons (Fsp3) is 0.471. The lowest BCUT2D eigenvalue weighted by Crippen LogP contribution is -2.45. The van der Waals surface area contributed by atoms with E-state index >= 15 is 0 Å². The van der Waals surface area contributed by atoms with Crippen LogP contribution in [0.3, 0.4) is 0 Å². The molecule has 0 saturated carbocycles. The number of sulfonamides is 1. The van der Waals surface area contributed by atoms with E-state index < -0.39 is 10.0 Å². The molecule has 2 aromatic rings. The van der Waals surface area contributed by atoms with Gasteiger partial charge in [-0.15, -0.1) is 12.4 Å². The smallest absolute Gasteiger partial charge is 0.213 e. The molecule has 0 bridgehead atoms. The van der Waals surface area contributed by atoms with Crippen molar-refractivity contribution in [3.8, 4) is 5.69 Å². The summed E-state index contributed by atoms with van der Waals surface area (Å²) in [5, 5.41) is 7.75. The summed E-state index contributed by atoms with van der Waals surface area (Å²) in [7, 11) is -3.04. The predicted molar refractivity (Wildman–Crippen MR) is 102 cm³/mol. The molecule has 1 aliphatic heterocycles. The van der Waals surface area contributed by atoms with E-state index in [1.807, 2.05) is 16.9 Å². The molecule has 0 amide bonds. The predicted octanol–water partition coefficient (Wildman–Crippen LogP) is 2.20. The highest BCUT2D eigenvalue weighted by Gasteiger charge is 2.26. The summed E-state index contributed by atoms with van der Waals surface area (Å²) < 4.78 is 27.2. The second-order valence-corrected chi connectivity index (χ2v) is 8.33. The first-order valence-corrected chi connectivity index (χ1v) is 9.99. The van der Waals surface area contributed by atoms with Gasteiger partial charge in [0.05, 0.1) is 11.4 Å². The minimum atomic E-state index is -3.04. The number of rotatable bonds is 6. The molecule has 0 unspecified atom stereocenters. The van der Waals surface area contributed by atoms with E-state index in [-0.39, 0.29) is 18.2 Å². The zero-order valence-electron chi connectivity index (χ0n) is 14.3. The average Bonchev–Trinajstić information content (AvgIpc) is 3.15. The normalized spacial score (nSPS) is 16.5. The van der Waals surface area contributed by atoms with Crippen LogP contribution in [0.15, 0.2) is 42.7 Å². The third-order valence-corrected chi connectivity index (χ3v) is 6.39. The van der Waals surface area contributed by atoms with Gasteiger partial charge in [-0.05, 0) is 43.5 Å². The van der Waals surface area contributed by atoms with Crippen molar-refractivity contribution in [2.24, 2.45) is 0 Å². The quantitative estimate of drug-likeness (QED) is 0.829. The van der Waals surface area contributed by atoms with E-state index in [9.17, 15) is 8.42 Å². The van der Waals surface area contributed by atoms with Gasteiger partial charge in [0.15, 0.2) is 0 Å². The van der Waals surface area contributed by atoms with Crippen molar-refractivity contribution in [2.75, 3.05) is 18.8 Å². The van der Waals surface area contributed by atoms with Crippen LogP contribution in [0, 0.1) is 0 Å². The zero-order chi connectivity index (χ0) is 17.0. The monoisotopic (exact) mass is 384 g/mol. The Bertz CT molecular complexity index is 739. The molecule has 0 aliphatic carbocycles. The Kier molecular flexibility index (Phi) is 7.01. The van der Waals surface area contributed by atoms with Crippen LogP contribution in [0.4, 0.5) is 0 Å². The second-order valence-electron chi connectivity index (χ2n) is 6.07. The highest BCUT2D eigenvalue weighted by molar-refractivity contribution is 7.89. The van der Waals surface area contributed by atoms with E-state index in [0.717, 1.165) is 25.1 Å². The fourth-order valence-electron chi connectivity index (χ4n) is 2.97. The highest BCUT2D eigenvalue weighted by Crippen LogP contribution is 2.15. The van der Waals surface area contributed by atoms with Crippen LogP contribution >= 0.6 is 12.4 Å². The van der Waals surface area contributed by atoms with Crippen LogP contribution < -0.4 is 5.32 Å². The van der Waals surface area contributed by atoms with Crippen molar-refractivity contribution in [2.45, 2.75) is 32.4 Å². The van der Waals surface area contributed by atoms with Gasteiger partial charge in [-0.1, -0.05) is 12.1 Å². The molecular weight excluding hydrogens is 360 g/mol. The van der Waals surface area contributed by atoms with Crippen LogP contribution in [0.5, 0.6) is 0 Å². The maximum absolute atomic E-state index is 11.9. The molecule has 138 valence electrons. The van der Waals surface area contributed by atoms with Crippen molar-refractivity contribution in [1.29, 1.82) is 0 Å². The number of nitrogens with zero attached hydrogens (tertiary/aromatic N) is 3. The average molecular weight is 385 g/mol. The van der Waals surface area contributed by atoms with Crippen LogP contribution in [0.25, 0.3) is 5.69 Å². The van der Waals surface area contributed by atoms with Gasteiger partial charge < -0.3 is 5.32 Å². The molecule has 8 heteroatoms. The van der Waals surface area contributed by atoms with Crippen molar-refractivity contribution >= 4 is 22.4 Å². The van der Waals surface area contributed by atoms with Gasteiger partial charge in [-0.2, -0.15) is 5.10 Å². The van der Waals surface area contributed by atoms with E-state index in [1.165, 1.54) is 5.56 Å². The van der Waals surface area contributed by atoms with Crippen molar-refractivity contribution in [1.82, 2.24) is 19.4 Å². The number of benzene rings is 1. The molecule has 1 aromatic heterocycles. The molecule has 1 aliphatic rings. The maximum Gasteiger partial charge on any atom is 0.213 e. The Morgan fingerprint density at radius 3 is 2.44 bits per heavy atom. The fourth-order valence-corrected chi connectivity index (χ4v) is 4.10. The SMILES string of the molecule is CCS(=O)(=O)N1CCC(NCc2ccc(-n3cccn3)cc2)CC1.Cl.